The first kappa shape index (κ1) is 10.7. The summed E-state index contributed by atoms with van der Waals surface area (Å²) in [6, 6.07) is 6.24. The fraction of sp³-hybridized carbons (Fsp3) is 0.0909. The molecule has 0 saturated heterocycles. The quantitative estimate of drug-likeness (QED) is 0.487. The Bertz CT molecular complexity index is 477. The standard InChI is InChI=1S/C11H8ClN2O2/c12-11-10(2-1-7-13-11)8-3-5-9(6-4-8)14(15)16/h2-6,13H,7H2. The van der Waals surface area contributed by atoms with Crippen molar-refractivity contribution in [2.45, 2.75) is 0 Å². The molecule has 0 saturated carbocycles. The van der Waals surface area contributed by atoms with Crippen LogP contribution >= 0.6 is 11.6 Å². The number of non-ortho nitro benzene ring substituents is 1. The third-order valence-electron chi connectivity index (χ3n) is 2.22. The van der Waals surface area contributed by atoms with Crippen molar-refractivity contribution in [3.05, 3.63) is 57.3 Å². The van der Waals surface area contributed by atoms with Gasteiger partial charge in [-0.15, -0.1) is 0 Å². The average molecular weight is 236 g/mol. The van der Waals surface area contributed by atoms with Crippen LogP contribution in [-0.2, 0) is 0 Å². The third-order valence-corrected chi connectivity index (χ3v) is 2.55. The normalized spacial score (nSPS) is 14.8. The summed E-state index contributed by atoms with van der Waals surface area (Å²) in [6.07, 6.45) is 4.77. The maximum Gasteiger partial charge on any atom is 0.269 e. The monoisotopic (exact) mass is 235 g/mol. The minimum atomic E-state index is -0.430. The van der Waals surface area contributed by atoms with E-state index in [1.165, 1.54) is 12.1 Å². The molecule has 0 fully saturated rings. The molecule has 0 amide bonds. The number of halogens is 1. The molecule has 16 heavy (non-hydrogen) atoms. The number of dihydropyridines is 1. The first-order chi connectivity index (χ1) is 7.68. The van der Waals surface area contributed by atoms with Gasteiger partial charge in [0.25, 0.3) is 5.69 Å². The van der Waals surface area contributed by atoms with Crippen LogP contribution in [0.1, 0.15) is 5.56 Å². The van der Waals surface area contributed by atoms with E-state index in [1.807, 2.05) is 0 Å². The summed E-state index contributed by atoms with van der Waals surface area (Å²) < 4.78 is 0. The van der Waals surface area contributed by atoms with Gasteiger partial charge in [-0.2, -0.15) is 0 Å². The van der Waals surface area contributed by atoms with Gasteiger partial charge in [-0.25, -0.2) is 0 Å². The Morgan fingerprint density at radius 2 is 2.06 bits per heavy atom. The molecule has 81 valence electrons. The maximum atomic E-state index is 10.5. The zero-order chi connectivity index (χ0) is 11.5. The van der Waals surface area contributed by atoms with E-state index in [0.717, 1.165) is 11.1 Å². The van der Waals surface area contributed by atoms with Gasteiger partial charge in [-0.3, -0.25) is 10.1 Å². The van der Waals surface area contributed by atoms with E-state index in [2.05, 4.69) is 11.4 Å². The van der Waals surface area contributed by atoms with Crippen molar-refractivity contribution in [1.82, 2.24) is 5.32 Å². The van der Waals surface area contributed by atoms with E-state index in [9.17, 15) is 10.1 Å². The van der Waals surface area contributed by atoms with Crippen LogP contribution in [0.5, 0.6) is 0 Å². The predicted octanol–water partition coefficient (Wildman–Crippen LogP) is 2.46. The molecule has 2 rings (SSSR count). The van der Waals surface area contributed by atoms with E-state index < -0.39 is 4.92 Å². The molecule has 1 radical (unpaired) electrons. The van der Waals surface area contributed by atoms with Crippen LogP contribution in [0.2, 0.25) is 0 Å². The molecule has 1 N–H and O–H groups in total. The van der Waals surface area contributed by atoms with Gasteiger partial charge in [-0.1, -0.05) is 11.6 Å². The number of allylic oxidation sites excluding steroid dienone is 2. The molecule has 1 heterocycles. The van der Waals surface area contributed by atoms with Crippen LogP contribution in [0.15, 0.2) is 35.5 Å². The van der Waals surface area contributed by atoms with E-state index in [-0.39, 0.29) is 5.69 Å². The zero-order valence-corrected chi connectivity index (χ0v) is 8.99. The molecule has 1 aromatic rings. The largest absolute Gasteiger partial charge is 0.371 e. The predicted molar refractivity (Wildman–Crippen MR) is 61.7 cm³/mol. The lowest BCUT2D eigenvalue weighted by atomic mass is 10.0. The first-order valence-electron chi connectivity index (χ1n) is 4.63. The molecule has 0 spiro atoms. The molecule has 1 aliphatic rings. The van der Waals surface area contributed by atoms with Crippen molar-refractivity contribution in [1.29, 1.82) is 0 Å². The van der Waals surface area contributed by atoms with Gasteiger partial charge < -0.3 is 5.32 Å². The molecule has 0 aromatic heterocycles. The number of hydrogen-bond acceptors (Lipinski definition) is 3. The van der Waals surface area contributed by atoms with Gasteiger partial charge >= 0.3 is 0 Å². The SMILES string of the molecule is O=[N+]([O-])c1ccc(C2=C(Cl)NC[C]=C2)cc1. The Hall–Kier alpha value is -1.81. The van der Waals surface area contributed by atoms with E-state index in [4.69, 9.17) is 11.6 Å². The lowest BCUT2D eigenvalue weighted by Crippen LogP contribution is -2.14. The molecule has 0 aliphatic carbocycles. The average Bonchev–Trinajstić information content (AvgIpc) is 2.30. The fourth-order valence-electron chi connectivity index (χ4n) is 1.41. The second kappa shape index (κ2) is 4.37. The molecule has 4 nitrogen and oxygen atoms in total. The summed E-state index contributed by atoms with van der Waals surface area (Å²) in [5.41, 5.74) is 1.69. The van der Waals surface area contributed by atoms with Crippen LogP contribution in [0.25, 0.3) is 5.57 Å². The van der Waals surface area contributed by atoms with E-state index in [1.54, 1.807) is 18.2 Å². The minimum Gasteiger partial charge on any atom is -0.371 e. The number of nitro benzene ring substituents is 1. The van der Waals surface area contributed by atoms with Crippen molar-refractivity contribution in [3.8, 4) is 0 Å². The van der Waals surface area contributed by atoms with Gasteiger partial charge in [0.2, 0.25) is 0 Å². The summed E-state index contributed by atoms with van der Waals surface area (Å²) in [5.74, 6) is 0. The minimum absolute atomic E-state index is 0.0669. The van der Waals surface area contributed by atoms with Crippen molar-refractivity contribution < 1.29 is 4.92 Å². The number of hydrogen-bond donors (Lipinski definition) is 1. The molecule has 0 unspecified atom stereocenters. The molecule has 0 bridgehead atoms. The first-order valence-corrected chi connectivity index (χ1v) is 5.01. The van der Waals surface area contributed by atoms with Gasteiger partial charge in [-0.05, 0) is 29.8 Å². The van der Waals surface area contributed by atoms with Gasteiger partial charge in [0.15, 0.2) is 0 Å². The Morgan fingerprint density at radius 1 is 1.38 bits per heavy atom. The third kappa shape index (κ3) is 2.06. The summed E-state index contributed by atoms with van der Waals surface area (Å²) in [7, 11) is 0. The molecular weight excluding hydrogens is 228 g/mol. The van der Waals surface area contributed by atoms with Gasteiger partial charge in [0, 0.05) is 24.3 Å². The van der Waals surface area contributed by atoms with Crippen LogP contribution in [-0.4, -0.2) is 11.5 Å². The maximum absolute atomic E-state index is 10.5. The topological polar surface area (TPSA) is 55.2 Å². The van der Waals surface area contributed by atoms with Crippen LogP contribution in [0.4, 0.5) is 5.69 Å². The molecule has 5 heteroatoms. The van der Waals surface area contributed by atoms with Crippen LogP contribution in [0.3, 0.4) is 0 Å². The Morgan fingerprint density at radius 3 is 2.62 bits per heavy atom. The van der Waals surface area contributed by atoms with E-state index >= 15 is 0 Å². The summed E-state index contributed by atoms with van der Waals surface area (Å²) in [4.78, 5) is 10.1. The van der Waals surface area contributed by atoms with Gasteiger partial charge in [0.05, 0.1) is 4.92 Å². The number of nitro groups is 1. The fourth-order valence-corrected chi connectivity index (χ4v) is 1.64. The lowest BCUT2D eigenvalue weighted by Gasteiger charge is -2.12. The van der Waals surface area contributed by atoms with Crippen molar-refractivity contribution in [2.75, 3.05) is 6.54 Å². The second-order valence-electron chi connectivity index (χ2n) is 3.23. The van der Waals surface area contributed by atoms with Crippen molar-refractivity contribution in [2.24, 2.45) is 0 Å². The van der Waals surface area contributed by atoms with Crippen LogP contribution in [0, 0.1) is 16.2 Å². The Kier molecular flexibility index (Phi) is 2.92. The van der Waals surface area contributed by atoms with Gasteiger partial charge in [0.1, 0.15) is 5.16 Å². The van der Waals surface area contributed by atoms with Crippen LogP contribution < -0.4 is 5.32 Å². The summed E-state index contributed by atoms with van der Waals surface area (Å²) >= 11 is 5.98. The lowest BCUT2D eigenvalue weighted by molar-refractivity contribution is -0.384. The highest BCUT2D eigenvalue weighted by Gasteiger charge is 2.10. The number of benzene rings is 1. The highest BCUT2D eigenvalue weighted by atomic mass is 35.5. The van der Waals surface area contributed by atoms with Crippen molar-refractivity contribution in [3.63, 3.8) is 0 Å². The molecule has 1 aliphatic heterocycles. The van der Waals surface area contributed by atoms with Crippen molar-refractivity contribution >= 4 is 22.9 Å². The Labute approximate surface area is 97.4 Å². The summed E-state index contributed by atoms with van der Waals surface area (Å²) in [6.45, 7) is 0.579. The molecule has 0 atom stereocenters. The summed E-state index contributed by atoms with van der Waals surface area (Å²) in [5, 5.41) is 14.0. The number of rotatable bonds is 2. The zero-order valence-electron chi connectivity index (χ0n) is 8.24. The number of nitrogens with one attached hydrogen (secondary N) is 1. The highest BCUT2D eigenvalue weighted by molar-refractivity contribution is 6.32. The second-order valence-corrected chi connectivity index (χ2v) is 3.61. The highest BCUT2D eigenvalue weighted by Crippen LogP contribution is 2.24. The Balaban J connectivity index is 2.35. The molecule has 1 aromatic carbocycles. The molecular formula is C11H8ClN2O2. The van der Waals surface area contributed by atoms with E-state index in [0.29, 0.717) is 11.7 Å². The number of nitrogens with zero attached hydrogens (tertiary/aromatic N) is 1. The smallest absolute Gasteiger partial charge is 0.269 e.